The normalized spacial score (nSPS) is 16.9. The third kappa shape index (κ3) is 7.07. The van der Waals surface area contributed by atoms with Gasteiger partial charge in [-0.15, -0.1) is 0 Å². The molecule has 4 heterocycles. The number of amides is 2. The molecular formula is C28H26N4O10S4. The van der Waals surface area contributed by atoms with Gasteiger partial charge in [-0.05, 0) is 13.8 Å². The number of nitriles is 1. The smallest absolute Gasteiger partial charge is 0.415 e. The summed E-state index contributed by atoms with van der Waals surface area (Å²) in [7, 11) is 0. The lowest BCUT2D eigenvalue weighted by molar-refractivity contribution is -0.139. The van der Waals surface area contributed by atoms with E-state index in [1.54, 1.807) is 13.8 Å². The SMILES string of the molecule is [C-]#[N+]C(C(=O)OCC)=C1Sc2c(OC(=O)N3CCOCC3)c3c(c(OC(=O)N4CCOCC4)c2S1)SC(=C(C#N)C(=O)OCC)S3. The number of carbonyl (C=O) groups is 4. The van der Waals surface area contributed by atoms with Crippen LogP contribution in [0.2, 0.25) is 0 Å². The van der Waals surface area contributed by atoms with Crippen molar-refractivity contribution in [1.82, 2.24) is 9.80 Å². The predicted molar refractivity (Wildman–Crippen MR) is 166 cm³/mol. The highest BCUT2D eigenvalue weighted by molar-refractivity contribution is 8.26. The molecule has 2 amide bonds. The van der Waals surface area contributed by atoms with E-state index in [1.807, 2.05) is 6.07 Å². The Morgan fingerprint density at radius 3 is 1.57 bits per heavy atom. The van der Waals surface area contributed by atoms with Gasteiger partial charge < -0.3 is 38.2 Å². The van der Waals surface area contributed by atoms with Crippen molar-refractivity contribution in [3.8, 4) is 17.6 Å². The van der Waals surface area contributed by atoms with Crippen molar-refractivity contribution >= 4 is 71.2 Å². The van der Waals surface area contributed by atoms with E-state index in [2.05, 4.69) is 4.85 Å². The van der Waals surface area contributed by atoms with Crippen molar-refractivity contribution in [2.45, 2.75) is 33.4 Å². The number of morpholine rings is 2. The summed E-state index contributed by atoms with van der Waals surface area (Å²) >= 11 is 3.98. The van der Waals surface area contributed by atoms with E-state index in [0.717, 1.165) is 47.0 Å². The molecule has 0 spiro atoms. The Balaban J connectivity index is 1.67. The summed E-state index contributed by atoms with van der Waals surface area (Å²) in [6, 6.07) is 1.90. The zero-order chi connectivity index (χ0) is 32.8. The maximum absolute atomic E-state index is 13.4. The molecule has 18 heteroatoms. The molecule has 4 aliphatic rings. The highest BCUT2D eigenvalue weighted by Gasteiger charge is 2.42. The Morgan fingerprint density at radius 1 is 0.761 bits per heavy atom. The van der Waals surface area contributed by atoms with Crippen molar-refractivity contribution in [2.75, 3.05) is 65.8 Å². The number of carbonyl (C=O) groups excluding carboxylic acids is 4. The van der Waals surface area contributed by atoms with Gasteiger partial charge in [0.2, 0.25) is 0 Å². The van der Waals surface area contributed by atoms with E-state index < -0.39 is 24.1 Å². The molecule has 0 aromatic heterocycles. The standard InChI is InChI=1S/C28H26N4O10S4/c1-4-39-23(33)15(14-29)25-43-19-17(41-27(35)31-6-10-37-11-7-31)21-22(46-26(45-21)16(30-3)24(34)40-5-2)18(20(19)44-25)42-28(36)32-8-12-38-13-9-32/h4-13H2,1-2H3. The molecular weight excluding hydrogens is 681 g/mol. The van der Waals surface area contributed by atoms with E-state index in [0.29, 0.717) is 72.2 Å². The highest BCUT2D eigenvalue weighted by Crippen LogP contribution is 2.68. The lowest BCUT2D eigenvalue weighted by Crippen LogP contribution is -2.42. The first kappa shape index (κ1) is 33.8. The number of esters is 2. The fraction of sp³-hybridized carbons (Fsp3) is 0.429. The quantitative estimate of drug-likeness (QED) is 0.173. The number of hydrogen-bond acceptors (Lipinski definition) is 15. The Bertz CT molecular complexity index is 1450. The summed E-state index contributed by atoms with van der Waals surface area (Å²) < 4.78 is 33.4. The zero-order valence-electron chi connectivity index (χ0n) is 24.6. The van der Waals surface area contributed by atoms with Crippen LogP contribution in [-0.4, -0.2) is 99.7 Å². The maximum Gasteiger partial charge on any atom is 0.415 e. The van der Waals surface area contributed by atoms with Crippen LogP contribution >= 0.6 is 47.0 Å². The van der Waals surface area contributed by atoms with E-state index in [9.17, 15) is 24.4 Å². The highest BCUT2D eigenvalue weighted by atomic mass is 32.2. The molecule has 0 bridgehead atoms. The van der Waals surface area contributed by atoms with Crippen LogP contribution in [0.1, 0.15) is 13.8 Å². The molecule has 242 valence electrons. The number of hydrogen-bond donors (Lipinski definition) is 0. The van der Waals surface area contributed by atoms with Crippen molar-refractivity contribution in [2.24, 2.45) is 0 Å². The Morgan fingerprint density at radius 2 is 1.17 bits per heavy atom. The van der Waals surface area contributed by atoms with Crippen LogP contribution in [0.15, 0.2) is 39.3 Å². The molecule has 5 rings (SSSR count). The topological polar surface area (TPSA) is 158 Å². The van der Waals surface area contributed by atoms with Crippen molar-refractivity contribution in [3.63, 3.8) is 0 Å². The summed E-state index contributed by atoms with van der Waals surface area (Å²) in [4.78, 5) is 59.8. The summed E-state index contributed by atoms with van der Waals surface area (Å²) in [5.41, 5.74) is -0.540. The van der Waals surface area contributed by atoms with Crippen LogP contribution in [0.5, 0.6) is 11.5 Å². The zero-order valence-corrected chi connectivity index (χ0v) is 27.8. The van der Waals surface area contributed by atoms with Gasteiger partial charge in [0.25, 0.3) is 5.70 Å². The predicted octanol–water partition coefficient (Wildman–Crippen LogP) is 4.69. The number of fused-ring (bicyclic) bond motifs is 2. The third-order valence-corrected chi connectivity index (χ3v) is 11.7. The molecule has 0 N–H and O–H groups in total. The van der Waals surface area contributed by atoms with Gasteiger partial charge in [-0.3, -0.25) is 4.79 Å². The largest absolute Gasteiger partial charge is 0.471 e. The van der Waals surface area contributed by atoms with E-state index in [4.69, 9.17) is 35.0 Å². The van der Waals surface area contributed by atoms with Crippen LogP contribution in [0.4, 0.5) is 9.59 Å². The van der Waals surface area contributed by atoms with Crippen LogP contribution in [-0.2, 0) is 28.5 Å². The second-order valence-electron chi connectivity index (χ2n) is 9.28. The summed E-state index contributed by atoms with van der Waals surface area (Å²) in [5, 5.41) is 9.89. The minimum atomic E-state index is -0.829. The van der Waals surface area contributed by atoms with Gasteiger partial charge in [0.15, 0.2) is 17.1 Å². The monoisotopic (exact) mass is 706 g/mol. The minimum absolute atomic E-state index is 0.0466. The lowest BCUT2D eigenvalue weighted by atomic mass is 10.3. The van der Waals surface area contributed by atoms with Gasteiger partial charge in [-0.1, -0.05) is 47.0 Å². The maximum atomic E-state index is 13.4. The average Bonchev–Trinajstić information content (AvgIpc) is 3.70. The number of thioether (sulfide) groups is 4. The van der Waals surface area contributed by atoms with E-state index in [-0.39, 0.29) is 44.5 Å². The molecule has 4 aliphatic heterocycles. The minimum Gasteiger partial charge on any atom is -0.471 e. The van der Waals surface area contributed by atoms with Crippen molar-refractivity contribution < 1.29 is 47.6 Å². The van der Waals surface area contributed by atoms with Crippen molar-refractivity contribution in [1.29, 1.82) is 5.26 Å². The van der Waals surface area contributed by atoms with Crippen LogP contribution in [0, 0.1) is 17.9 Å². The van der Waals surface area contributed by atoms with Crippen LogP contribution in [0.3, 0.4) is 0 Å². The molecule has 0 saturated carbocycles. The van der Waals surface area contributed by atoms with E-state index in [1.165, 1.54) is 9.80 Å². The Labute approximate surface area is 280 Å². The number of ether oxygens (including phenoxy) is 6. The van der Waals surface area contributed by atoms with E-state index >= 15 is 0 Å². The average molecular weight is 707 g/mol. The molecule has 0 radical (unpaired) electrons. The van der Waals surface area contributed by atoms with Gasteiger partial charge in [-0.2, -0.15) is 5.26 Å². The molecule has 14 nitrogen and oxygen atoms in total. The first-order valence-corrected chi connectivity index (χ1v) is 17.2. The Hall–Kier alpha value is -3.52. The first-order valence-electron chi connectivity index (χ1n) is 14.0. The summed E-state index contributed by atoms with van der Waals surface area (Å²) in [6.07, 6.45) is -1.34. The van der Waals surface area contributed by atoms with Gasteiger partial charge in [0.05, 0.1) is 74.3 Å². The Kier molecular flexibility index (Phi) is 11.3. The molecule has 2 fully saturated rings. The second-order valence-corrected chi connectivity index (χ2v) is 13.9. The van der Waals surface area contributed by atoms with Gasteiger partial charge in [-0.25, -0.2) is 19.2 Å². The molecule has 0 aliphatic carbocycles. The fourth-order valence-electron chi connectivity index (χ4n) is 4.33. The third-order valence-electron chi connectivity index (χ3n) is 6.50. The number of benzene rings is 1. The van der Waals surface area contributed by atoms with Crippen LogP contribution < -0.4 is 9.47 Å². The van der Waals surface area contributed by atoms with Crippen LogP contribution in [0.25, 0.3) is 4.85 Å². The molecule has 46 heavy (non-hydrogen) atoms. The molecule has 2 saturated heterocycles. The van der Waals surface area contributed by atoms with Gasteiger partial charge >= 0.3 is 24.1 Å². The lowest BCUT2D eigenvalue weighted by Gasteiger charge is -2.27. The molecule has 1 aromatic carbocycles. The van der Waals surface area contributed by atoms with Crippen molar-refractivity contribution in [3.05, 3.63) is 31.2 Å². The molecule has 0 unspecified atom stereocenters. The summed E-state index contributed by atoms with van der Waals surface area (Å²) in [6.45, 7) is 13.5. The number of nitrogens with zero attached hydrogens (tertiary/aromatic N) is 4. The first-order chi connectivity index (χ1) is 22.3. The molecule has 1 aromatic rings. The van der Waals surface area contributed by atoms with Gasteiger partial charge in [0, 0.05) is 26.2 Å². The van der Waals surface area contributed by atoms with Gasteiger partial charge in [0.1, 0.15) is 6.07 Å². The number of rotatable bonds is 6. The second kappa shape index (κ2) is 15.4. The summed E-state index contributed by atoms with van der Waals surface area (Å²) in [5.74, 6) is -1.51. The molecule has 0 atom stereocenters. The fourth-order valence-corrected chi connectivity index (χ4v) is 9.64.